The predicted molar refractivity (Wildman–Crippen MR) is 166 cm³/mol. The van der Waals surface area contributed by atoms with Gasteiger partial charge >= 0.3 is 5.97 Å². The number of carbonyl (C=O) groups is 1. The van der Waals surface area contributed by atoms with Gasteiger partial charge in [-0.05, 0) is 64.2 Å². The lowest BCUT2D eigenvalue weighted by Crippen LogP contribution is -2.50. The molecule has 3 heteroatoms. The van der Waals surface area contributed by atoms with E-state index in [0.717, 1.165) is 44.9 Å². The van der Waals surface area contributed by atoms with Gasteiger partial charge in [-0.15, -0.1) is 0 Å². The Labute approximate surface area is 233 Å². The van der Waals surface area contributed by atoms with Crippen LogP contribution in [0, 0.1) is 0 Å². The van der Waals surface area contributed by atoms with Crippen LogP contribution in [0.15, 0.2) is 36.5 Å². The Hall–Kier alpha value is -1.35. The number of quaternary nitrogens is 1. The molecule has 1 N–H and O–H groups in total. The minimum Gasteiger partial charge on any atom is -0.481 e. The first kappa shape index (κ1) is 37.8. The molecule has 0 aromatic rings. The highest BCUT2D eigenvalue weighted by Gasteiger charge is 2.24. The van der Waals surface area contributed by atoms with E-state index in [9.17, 15) is 4.79 Å². The molecular formula is C34H66NO2+. The van der Waals surface area contributed by atoms with E-state index in [2.05, 4.69) is 71.1 Å². The predicted octanol–water partition coefficient (Wildman–Crippen LogP) is 10.7. The van der Waals surface area contributed by atoms with E-state index in [4.69, 9.17) is 5.11 Å². The largest absolute Gasteiger partial charge is 0.481 e. The molecule has 0 spiro atoms. The third kappa shape index (κ3) is 29.1. The molecule has 0 bridgehead atoms. The summed E-state index contributed by atoms with van der Waals surface area (Å²) >= 11 is 0. The number of hydrogen-bond acceptors (Lipinski definition) is 1. The summed E-state index contributed by atoms with van der Waals surface area (Å²) in [6.07, 6.45) is 34.4. The fourth-order valence-corrected chi connectivity index (χ4v) is 4.54. The molecule has 3 nitrogen and oxygen atoms in total. The first-order valence-corrected chi connectivity index (χ1v) is 16.0. The van der Waals surface area contributed by atoms with Crippen molar-refractivity contribution in [3.63, 3.8) is 0 Å². The van der Waals surface area contributed by atoms with E-state index >= 15 is 0 Å². The Kier molecular flexibility index (Phi) is 31.5. The van der Waals surface area contributed by atoms with Crippen LogP contribution in [0.2, 0.25) is 0 Å². The van der Waals surface area contributed by atoms with E-state index in [1.54, 1.807) is 0 Å². The number of carboxylic acid groups (broad SMARTS) is 1. The number of allylic oxidation sites excluding steroid dienone is 6. The van der Waals surface area contributed by atoms with Gasteiger partial charge in [-0.1, -0.05) is 116 Å². The summed E-state index contributed by atoms with van der Waals surface area (Å²) in [6, 6.07) is 0. The Morgan fingerprint density at radius 2 is 0.946 bits per heavy atom. The average Bonchev–Trinajstić information content (AvgIpc) is 2.90. The van der Waals surface area contributed by atoms with Gasteiger partial charge in [-0.2, -0.15) is 0 Å². The minimum atomic E-state index is -0.675. The summed E-state index contributed by atoms with van der Waals surface area (Å²) in [4.78, 5) is 10.3. The topological polar surface area (TPSA) is 37.3 Å². The molecule has 0 aliphatic heterocycles. The Morgan fingerprint density at radius 1 is 0.541 bits per heavy atom. The van der Waals surface area contributed by atoms with Crippen molar-refractivity contribution in [1.82, 2.24) is 0 Å². The van der Waals surface area contributed by atoms with Crippen LogP contribution in [0.5, 0.6) is 0 Å². The minimum absolute atomic E-state index is 0.319. The average molecular weight is 521 g/mol. The van der Waals surface area contributed by atoms with E-state index < -0.39 is 5.97 Å². The van der Waals surface area contributed by atoms with Gasteiger partial charge in [0.05, 0.1) is 26.2 Å². The molecule has 218 valence electrons. The third-order valence-electron chi connectivity index (χ3n) is 6.99. The summed E-state index contributed by atoms with van der Waals surface area (Å²) in [5, 5.41) is 8.50. The fourth-order valence-electron chi connectivity index (χ4n) is 4.54. The van der Waals surface area contributed by atoms with Crippen LogP contribution >= 0.6 is 0 Å². The van der Waals surface area contributed by atoms with Gasteiger partial charge in [0, 0.05) is 6.42 Å². The Bertz CT molecular complexity index is 513. The second-order valence-electron chi connectivity index (χ2n) is 10.6. The molecule has 0 radical (unpaired) electrons. The Balaban J connectivity index is 0. The van der Waals surface area contributed by atoms with Crippen molar-refractivity contribution in [3.05, 3.63) is 36.5 Å². The zero-order valence-electron chi connectivity index (χ0n) is 25.8. The highest BCUT2D eigenvalue weighted by Crippen LogP contribution is 2.16. The van der Waals surface area contributed by atoms with Crippen LogP contribution in [-0.4, -0.2) is 41.7 Å². The molecule has 0 aromatic heterocycles. The molecule has 0 unspecified atom stereocenters. The Morgan fingerprint density at radius 3 is 1.38 bits per heavy atom. The molecule has 0 saturated carbocycles. The first-order chi connectivity index (χ1) is 18.0. The SMILES string of the molecule is CC/C=C\C/C=C\C/C=C\CCCCCCCC(=O)O.CCCC[N+](CCCC)(CCCC)CCCC. The second-order valence-corrected chi connectivity index (χ2v) is 10.6. The van der Waals surface area contributed by atoms with Crippen molar-refractivity contribution in [1.29, 1.82) is 0 Å². The fraction of sp³-hybridized carbons (Fsp3) is 0.794. The summed E-state index contributed by atoms with van der Waals surface area (Å²) < 4.78 is 1.42. The van der Waals surface area contributed by atoms with E-state index in [-0.39, 0.29) is 0 Å². The van der Waals surface area contributed by atoms with Crippen LogP contribution in [-0.2, 0) is 4.79 Å². The molecule has 0 atom stereocenters. The summed E-state index contributed by atoms with van der Waals surface area (Å²) in [5.74, 6) is -0.675. The zero-order valence-corrected chi connectivity index (χ0v) is 25.8. The molecule has 0 aliphatic carbocycles. The number of aliphatic carboxylic acids is 1. The van der Waals surface area contributed by atoms with Gasteiger partial charge in [0.1, 0.15) is 0 Å². The van der Waals surface area contributed by atoms with E-state index in [1.807, 2.05) is 0 Å². The van der Waals surface area contributed by atoms with Gasteiger partial charge in [0.2, 0.25) is 0 Å². The van der Waals surface area contributed by atoms with Gasteiger partial charge in [0.25, 0.3) is 0 Å². The lowest BCUT2D eigenvalue weighted by atomic mass is 10.1. The van der Waals surface area contributed by atoms with Crippen molar-refractivity contribution >= 4 is 5.97 Å². The molecule has 0 aliphatic rings. The second kappa shape index (κ2) is 30.9. The van der Waals surface area contributed by atoms with Crippen molar-refractivity contribution in [2.24, 2.45) is 0 Å². The highest BCUT2D eigenvalue weighted by atomic mass is 16.4. The van der Waals surface area contributed by atoms with Crippen molar-refractivity contribution in [3.8, 4) is 0 Å². The lowest BCUT2D eigenvalue weighted by molar-refractivity contribution is -0.929. The van der Waals surface area contributed by atoms with Gasteiger partial charge in [-0.25, -0.2) is 0 Å². The number of carboxylic acids is 1. The molecule has 0 rings (SSSR count). The maximum absolute atomic E-state index is 10.3. The quantitative estimate of drug-likeness (QED) is 0.0738. The molecule has 0 saturated heterocycles. The molecule has 0 aromatic carbocycles. The van der Waals surface area contributed by atoms with Gasteiger partial charge in [0.15, 0.2) is 0 Å². The van der Waals surface area contributed by atoms with Crippen molar-refractivity contribution in [2.45, 2.75) is 150 Å². The highest BCUT2D eigenvalue weighted by molar-refractivity contribution is 5.66. The summed E-state index contributed by atoms with van der Waals surface area (Å²) in [5.41, 5.74) is 0. The normalized spacial score (nSPS) is 12.0. The van der Waals surface area contributed by atoms with Crippen molar-refractivity contribution < 1.29 is 14.4 Å². The van der Waals surface area contributed by atoms with E-state index in [0.29, 0.717) is 6.42 Å². The lowest BCUT2D eigenvalue weighted by Gasteiger charge is -2.39. The third-order valence-corrected chi connectivity index (χ3v) is 6.99. The standard InChI is InChI=1S/C18H30O2.C16H36N/c1-2-3-4-5-6-7-8-9-10-11-12-13-14-15-16-17-18(19)20;1-5-9-13-17(14-10-6-2,15-11-7-3)16-12-8-4/h3-4,6-7,9-10H,2,5,8,11-17H2,1H3,(H,19,20);5-16H2,1-4H3/q;+1/b4-3-,7-6-,10-9-;. The maximum atomic E-state index is 10.3. The smallest absolute Gasteiger partial charge is 0.303 e. The molecule has 37 heavy (non-hydrogen) atoms. The van der Waals surface area contributed by atoms with E-state index in [1.165, 1.54) is 94.9 Å². The first-order valence-electron chi connectivity index (χ1n) is 16.0. The number of nitrogens with zero attached hydrogens (tertiary/aromatic N) is 1. The number of rotatable bonds is 25. The number of hydrogen-bond donors (Lipinski definition) is 1. The maximum Gasteiger partial charge on any atom is 0.303 e. The number of unbranched alkanes of at least 4 members (excludes halogenated alkanes) is 9. The molecular weight excluding hydrogens is 454 g/mol. The zero-order chi connectivity index (χ0) is 27.9. The summed E-state index contributed by atoms with van der Waals surface area (Å²) in [6.45, 7) is 17.2. The molecule has 0 amide bonds. The monoisotopic (exact) mass is 521 g/mol. The van der Waals surface area contributed by atoms with Crippen molar-refractivity contribution in [2.75, 3.05) is 26.2 Å². The van der Waals surface area contributed by atoms with Gasteiger partial charge in [-0.3, -0.25) is 4.79 Å². The summed E-state index contributed by atoms with van der Waals surface area (Å²) in [7, 11) is 0. The molecule has 0 heterocycles. The van der Waals surface area contributed by atoms with Crippen LogP contribution in [0.1, 0.15) is 150 Å². The van der Waals surface area contributed by atoms with Crippen LogP contribution in [0.25, 0.3) is 0 Å². The van der Waals surface area contributed by atoms with Crippen LogP contribution in [0.3, 0.4) is 0 Å². The molecule has 0 fully saturated rings. The van der Waals surface area contributed by atoms with Crippen LogP contribution < -0.4 is 0 Å². The van der Waals surface area contributed by atoms with Crippen LogP contribution in [0.4, 0.5) is 0 Å². The van der Waals surface area contributed by atoms with Gasteiger partial charge < -0.3 is 9.59 Å².